The minimum atomic E-state index is -0.104. The van der Waals surface area contributed by atoms with Crippen LogP contribution in [0.15, 0.2) is 30.6 Å². The van der Waals surface area contributed by atoms with E-state index in [9.17, 15) is 4.79 Å². The Morgan fingerprint density at radius 2 is 2.20 bits per heavy atom. The third-order valence-corrected chi connectivity index (χ3v) is 4.15. The topological polar surface area (TPSA) is 54.0 Å². The van der Waals surface area contributed by atoms with Crippen LogP contribution >= 0.6 is 11.3 Å². The summed E-state index contributed by atoms with van der Waals surface area (Å²) < 4.78 is 0. The predicted octanol–water partition coefficient (Wildman–Crippen LogP) is 3.37. The summed E-state index contributed by atoms with van der Waals surface area (Å²) in [5.74, 6) is -0.104. The fourth-order valence-corrected chi connectivity index (χ4v) is 2.83. The number of thiophene rings is 1. The highest BCUT2D eigenvalue weighted by Gasteiger charge is 2.15. The van der Waals surface area contributed by atoms with E-state index in [1.54, 1.807) is 23.7 Å². The Balaban J connectivity index is 2.12. The van der Waals surface area contributed by atoms with Gasteiger partial charge in [0.15, 0.2) is 0 Å². The highest BCUT2D eigenvalue weighted by Crippen LogP contribution is 2.23. The zero-order chi connectivity index (χ0) is 14.5. The molecule has 2 aromatic heterocycles. The molecule has 1 atom stereocenters. The van der Waals surface area contributed by atoms with Crippen molar-refractivity contribution < 1.29 is 4.79 Å². The summed E-state index contributed by atoms with van der Waals surface area (Å²) in [5, 5.41) is 6.19. The van der Waals surface area contributed by atoms with E-state index in [4.69, 9.17) is 0 Å². The summed E-state index contributed by atoms with van der Waals surface area (Å²) in [5.41, 5.74) is 1.39. The number of rotatable bonds is 5. The molecule has 0 fully saturated rings. The first kappa shape index (κ1) is 14.5. The number of nitrogens with one attached hydrogen (secondary N) is 2. The quantitative estimate of drug-likeness (QED) is 0.887. The minimum Gasteiger partial charge on any atom is -0.385 e. The van der Waals surface area contributed by atoms with Crippen molar-refractivity contribution in [2.24, 2.45) is 0 Å². The van der Waals surface area contributed by atoms with Crippen molar-refractivity contribution in [2.75, 3.05) is 11.9 Å². The third-order valence-electron chi connectivity index (χ3n) is 2.97. The van der Waals surface area contributed by atoms with Crippen molar-refractivity contribution in [1.29, 1.82) is 0 Å². The van der Waals surface area contributed by atoms with E-state index in [0.29, 0.717) is 5.56 Å². The number of pyridine rings is 1. The van der Waals surface area contributed by atoms with Gasteiger partial charge in [0.05, 0.1) is 17.3 Å². The molecule has 0 aliphatic heterocycles. The molecule has 0 saturated heterocycles. The summed E-state index contributed by atoms with van der Waals surface area (Å²) >= 11 is 1.70. The van der Waals surface area contributed by atoms with Gasteiger partial charge in [0.2, 0.25) is 0 Å². The van der Waals surface area contributed by atoms with Gasteiger partial charge in [-0.05, 0) is 39.0 Å². The van der Waals surface area contributed by atoms with Crippen LogP contribution in [-0.4, -0.2) is 17.4 Å². The van der Waals surface area contributed by atoms with Gasteiger partial charge in [0, 0.05) is 28.7 Å². The maximum Gasteiger partial charge on any atom is 0.255 e. The summed E-state index contributed by atoms with van der Waals surface area (Å²) in [7, 11) is 0. The second-order valence-corrected chi connectivity index (χ2v) is 5.91. The molecule has 20 heavy (non-hydrogen) atoms. The molecule has 0 aromatic carbocycles. The van der Waals surface area contributed by atoms with Crippen LogP contribution in [0.2, 0.25) is 0 Å². The average Bonchev–Trinajstić information content (AvgIpc) is 2.86. The Bertz CT molecular complexity index is 594. The number of aryl methyl sites for hydroxylation is 1. The molecule has 0 radical (unpaired) electrons. The van der Waals surface area contributed by atoms with Crippen LogP contribution in [0.5, 0.6) is 0 Å². The molecule has 0 bridgehead atoms. The van der Waals surface area contributed by atoms with Gasteiger partial charge in [-0.3, -0.25) is 9.78 Å². The maximum absolute atomic E-state index is 12.3. The molecule has 2 aromatic rings. The monoisotopic (exact) mass is 289 g/mol. The second kappa shape index (κ2) is 6.52. The van der Waals surface area contributed by atoms with Gasteiger partial charge in [-0.15, -0.1) is 11.3 Å². The fraction of sp³-hybridized carbons (Fsp3) is 0.333. The number of hydrogen-bond acceptors (Lipinski definition) is 4. The maximum atomic E-state index is 12.3. The van der Waals surface area contributed by atoms with Gasteiger partial charge in [0.1, 0.15) is 0 Å². The van der Waals surface area contributed by atoms with E-state index >= 15 is 0 Å². The molecule has 0 spiro atoms. The van der Waals surface area contributed by atoms with Crippen LogP contribution in [0.3, 0.4) is 0 Å². The number of aromatic nitrogens is 1. The Hall–Kier alpha value is -1.88. The lowest BCUT2D eigenvalue weighted by atomic mass is 10.2. The summed E-state index contributed by atoms with van der Waals surface area (Å²) in [6.07, 6.45) is 3.28. The molecule has 0 aliphatic carbocycles. The van der Waals surface area contributed by atoms with Crippen LogP contribution in [-0.2, 0) is 0 Å². The first-order valence-electron chi connectivity index (χ1n) is 6.67. The second-order valence-electron chi connectivity index (χ2n) is 4.60. The molecular formula is C15H19N3OS. The fourth-order valence-electron chi connectivity index (χ4n) is 1.95. The van der Waals surface area contributed by atoms with Gasteiger partial charge >= 0.3 is 0 Å². The molecule has 2 heterocycles. The first-order chi connectivity index (χ1) is 9.61. The van der Waals surface area contributed by atoms with Crippen LogP contribution in [0, 0.1) is 6.92 Å². The van der Waals surface area contributed by atoms with Crippen molar-refractivity contribution in [3.05, 3.63) is 45.9 Å². The number of hydrogen-bond donors (Lipinski definition) is 2. The third kappa shape index (κ3) is 3.36. The van der Waals surface area contributed by atoms with E-state index in [1.165, 1.54) is 4.88 Å². The Labute approximate surface area is 123 Å². The molecule has 2 rings (SSSR count). The van der Waals surface area contributed by atoms with E-state index in [1.807, 2.05) is 19.9 Å². The molecule has 0 saturated carbocycles. The van der Waals surface area contributed by atoms with E-state index in [0.717, 1.165) is 17.1 Å². The molecule has 1 amide bonds. The SMILES string of the molecule is CCNc1ccncc1C(=O)NC(C)c1ccc(C)s1. The van der Waals surface area contributed by atoms with Gasteiger partial charge < -0.3 is 10.6 Å². The van der Waals surface area contributed by atoms with Crippen molar-refractivity contribution >= 4 is 22.9 Å². The zero-order valence-corrected chi connectivity index (χ0v) is 12.8. The Kier molecular flexibility index (Phi) is 4.74. The van der Waals surface area contributed by atoms with Gasteiger partial charge in [0.25, 0.3) is 5.91 Å². The molecule has 1 unspecified atom stereocenters. The lowest BCUT2D eigenvalue weighted by Crippen LogP contribution is -2.27. The van der Waals surface area contributed by atoms with Crippen molar-refractivity contribution in [3.63, 3.8) is 0 Å². The Morgan fingerprint density at radius 3 is 2.85 bits per heavy atom. The number of anilines is 1. The summed E-state index contributed by atoms with van der Waals surface area (Å²) in [4.78, 5) is 18.8. The van der Waals surface area contributed by atoms with Crippen LogP contribution < -0.4 is 10.6 Å². The highest BCUT2D eigenvalue weighted by molar-refractivity contribution is 7.12. The lowest BCUT2D eigenvalue weighted by Gasteiger charge is -2.14. The van der Waals surface area contributed by atoms with Gasteiger partial charge in [-0.2, -0.15) is 0 Å². The van der Waals surface area contributed by atoms with Crippen molar-refractivity contribution in [1.82, 2.24) is 10.3 Å². The van der Waals surface area contributed by atoms with Crippen LogP contribution in [0.4, 0.5) is 5.69 Å². The number of amides is 1. The van der Waals surface area contributed by atoms with Gasteiger partial charge in [-0.25, -0.2) is 0 Å². The minimum absolute atomic E-state index is 0.00381. The smallest absolute Gasteiger partial charge is 0.255 e. The lowest BCUT2D eigenvalue weighted by molar-refractivity contribution is 0.0941. The largest absolute Gasteiger partial charge is 0.385 e. The van der Waals surface area contributed by atoms with Crippen molar-refractivity contribution in [2.45, 2.75) is 26.8 Å². The molecular weight excluding hydrogens is 270 g/mol. The normalized spacial score (nSPS) is 11.9. The first-order valence-corrected chi connectivity index (χ1v) is 7.48. The molecule has 106 valence electrons. The van der Waals surface area contributed by atoms with E-state index in [-0.39, 0.29) is 11.9 Å². The van der Waals surface area contributed by atoms with E-state index < -0.39 is 0 Å². The van der Waals surface area contributed by atoms with E-state index in [2.05, 4.69) is 34.7 Å². The van der Waals surface area contributed by atoms with Crippen LogP contribution in [0.25, 0.3) is 0 Å². The number of carbonyl (C=O) groups is 1. The highest BCUT2D eigenvalue weighted by atomic mass is 32.1. The zero-order valence-electron chi connectivity index (χ0n) is 11.9. The molecule has 4 nitrogen and oxygen atoms in total. The number of carbonyl (C=O) groups excluding carboxylic acids is 1. The van der Waals surface area contributed by atoms with Gasteiger partial charge in [-0.1, -0.05) is 0 Å². The summed E-state index contributed by atoms with van der Waals surface area (Å²) in [6.45, 7) is 6.82. The predicted molar refractivity (Wildman–Crippen MR) is 83.3 cm³/mol. The molecule has 2 N–H and O–H groups in total. The van der Waals surface area contributed by atoms with Crippen LogP contribution in [0.1, 0.15) is 40.0 Å². The molecule has 0 aliphatic rings. The summed E-state index contributed by atoms with van der Waals surface area (Å²) in [6, 6.07) is 5.94. The van der Waals surface area contributed by atoms with Crippen molar-refractivity contribution in [3.8, 4) is 0 Å². The number of nitrogens with zero attached hydrogens (tertiary/aromatic N) is 1. The standard InChI is InChI=1S/C15H19N3OS/c1-4-17-13-7-8-16-9-12(13)15(19)18-11(3)14-6-5-10(2)20-14/h5-9,11H,4H2,1-3H3,(H,16,17)(H,18,19). The Morgan fingerprint density at radius 1 is 1.40 bits per heavy atom. The average molecular weight is 289 g/mol. The molecule has 5 heteroatoms.